The van der Waals surface area contributed by atoms with Gasteiger partial charge in [0.2, 0.25) is 17.7 Å². The number of carbonyl (C=O) groups excluding carboxylic acids is 3. The Morgan fingerprint density at radius 3 is 2.03 bits per heavy atom. The Morgan fingerprint density at radius 2 is 1.55 bits per heavy atom. The summed E-state index contributed by atoms with van der Waals surface area (Å²) >= 11 is 0. The Bertz CT molecular complexity index is 878. The smallest absolute Gasteiger partial charge is 0.247 e. The number of nitrogens with one attached hydrogen (secondary N) is 1. The molecule has 5 nitrogen and oxygen atoms in total. The largest absolute Gasteiger partial charge is 0.324 e. The van der Waals surface area contributed by atoms with Gasteiger partial charge in [-0.1, -0.05) is 44.2 Å². The van der Waals surface area contributed by atoms with Crippen molar-refractivity contribution in [3.8, 4) is 0 Å². The molecule has 1 aliphatic heterocycles. The topological polar surface area (TPSA) is 66.5 Å². The summed E-state index contributed by atoms with van der Waals surface area (Å²) in [5.41, 5.74) is 2.97. The van der Waals surface area contributed by atoms with Crippen LogP contribution in [0.4, 0.5) is 5.69 Å². The van der Waals surface area contributed by atoms with E-state index in [2.05, 4.69) is 31.3 Å². The minimum atomic E-state index is -0.800. The number of anilines is 1. The molecule has 0 unspecified atom stereocenters. The third-order valence-corrected chi connectivity index (χ3v) is 7.71. The summed E-state index contributed by atoms with van der Waals surface area (Å²) in [6.07, 6.45) is 7.07. The molecule has 3 fully saturated rings. The molecule has 5 aliphatic rings. The molecule has 0 radical (unpaired) electrons. The zero-order chi connectivity index (χ0) is 20.4. The lowest BCUT2D eigenvalue weighted by Gasteiger charge is -2.37. The standard InChI is InChI=1S/C24H28N2O3/c1-4-13-7-6-8-14(5-2)21(13)25-22(27)12(3)26-23(28)19-15-9-10-16(18-11-17(15)18)20(19)24(26)29/h6-10,12,15-20H,4-5,11H2,1-3H3,(H,25,27)/t12-,15-,16-,17-,18-,19-,20+/m0/s1. The van der Waals surface area contributed by atoms with Gasteiger partial charge in [0, 0.05) is 5.69 Å². The first-order chi connectivity index (χ1) is 14.0. The van der Waals surface area contributed by atoms with Crippen molar-refractivity contribution in [2.75, 3.05) is 5.32 Å². The molecule has 1 aromatic rings. The first kappa shape index (κ1) is 18.6. The van der Waals surface area contributed by atoms with Crippen LogP contribution in [-0.4, -0.2) is 28.7 Å². The predicted octanol–water partition coefficient (Wildman–Crippen LogP) is 3.19. The Hall–Kier alpha value is -2.43. The van der Waals surface area contributed by atoms with Crippen LogP contribution in [0.2, 0.25) is 0 Å². The van der Waals surface area contributed by atoms with Crippen molar-refractivity contribution in [2.24, 2.45) is 35.5 Å². The quantitative estimate of drug-likeness (QED) is 0.618. The third-order valence-electron chi connectivity index (χ3n) is 7.71. The minimum absolute atomic E-state index is 0.146. The Morgan fingerprint density at radius 1 is 1.03 bits per heavy atom. The van der Waals surface area contributed by atoms with E-state index in [1.807, 2.05) is 18.2 Å². The van der Waals surface area contributed by atoms with Crippen molar-refractivity contribution in [3.05, 3.63) is 41.5 Å². The summed E-state index contributed by atoms with van der Waals surface area (Å²) in [6.45, 7) is 5.79. The lowest BCUT2D eigenvalue weighted by atomic mass is 9.63. The minimum Gasteiger partial charge on any atom is -0.324 e. The van der Waals surface area contributed by atoms with Gasteiger partial charge >= 0.3 is 0 Å². The number of rotatable bonds is 5. The molecule has 2 saturated carbocycles. The Labute approximate surface area is 171 Å². The third kappa shape index (κ3) is 2.55. The van der Waals surface area contributed by atoms with Crippen molar-refractivity contribution in [1.29, 1.82) is 0 Å². The van der Waals surface area contributed by atoms with Gasteiger partial charge in [0.25, 0.3) is 0 Å². The zero-order valence-corrected chi connectivity index (χ0v) is 17.2. The first-order valence-electron chi connectivity index (χ1n) is 10.9. The molecule has 1 heterocycles. The number of para-hydroxylation sites is 1. The van der Waals surface area contributed by atoms with Gasteiger partial charge in [0.05, 0.1) is 11.8 Å². The van der Waals surface area contributed by atoms with Crippen LogP contribution in [0.5, 0.6) is 0 Å². The molecule has 4 aliphatic carbocycles. The summed E-state index contributed by atoms with van der Waals surface area (Å²) in [5.74, 6) is 0.394. The normalized spacial score (nSPS) is 34.8. The van der Waals surface area contributed by atoms with Gasteiger partial charge in [-0.05, 0) is 61.0 Å². The van der Waals surface area contributed by atoms with E-state index in [4.69, 9.17) is 0 Å². The highest BCUT2D eigenvalue weighted by Gasteiger charge is 2.67. The second-order valence-electron chi connectivity index (χ2n) is 9.02. The van der Waals surface area contributed by atoms with Crippen LogP contribution < -0.4 is 5.32 Å². The van der Waals surface area contributed by atoms with Crippen molar-refractivity contribution in [3.63, 3.8) is 0 Å². The highest BCUT2D eigenvalue weighted by Crippen LogP contribution is 2.65. The molecular formula is C24H28N2O3. The van der Waals surface area contributed by atoms with E-state index >= 15 is 0 Å². The number of carbonyl (C=O) groups is 3. The van der Waals surface area contributed by atoms with Crippen LogP contribution in [0.3, 0.4) is 0 Å². The second kappa shape index (κ2) is 6.54. The highest BCUT2D eigenvalue weighted by atomic mass is 16.2. The van der Waals surface area contributed by atoms with Crippen LogP contribution in [0.1, 0.15) is 38.3 Å². The van der Waals surface area contributed by atoms with Crippen molar-refractivity contribution in [2.45, 2.75) is 46.1 Å². The van der Waals surface area contributed by atoms with Gasteiger partial charge in [-0.15, -0.1) is 0 Å². The molecule has 1 saturated heterocycles. The molecule has 5 heteroatoms. The Balaban J connectivity index is 1.39. The number of hydrogen-bond acceptors (Lipinski definition) is 3. The van der Waals surface area contributed by atoms with Gasteiger partial charge in [0.1, 0.15) is 6.04 Å². The summed E-state index contributed by atoms with van der Waals surface area (Å²) in [5, 5.41) is 3.04. The van der Waals surface area contributed by atoms with Crippen LogP contribution >= 0.6 is 0 Å². The molecule has 6 rings (SSSR count). The fourth-order valence-electron chi connectivity index (χ4n) is 6.11. The van der Waals surface area contributed by atoms with E-state index in [0.717, 1.165) is 36.1 Å². The van der Waals surface area contributed by atoms with E-state index in [9.17, 15) is 14.4 Å². The predicted molar refractivity (Wildman–Crippen MR) is 110 cm³/mol. The van der Waals surface area contributed by atoms with Crippen molar-refractivity contribution < 1.29 is 14.4 Å². The molecule has 1 aromatic carbocycles. The number of benzene rings is 1. The first-order valence-corrected chi connectivity index (χ1v) is 10.9. The molecule has 152 valence electrons. The van der Waals surface area contributed by atoms with E-state index in [-0.39, 0.29) is 41.4 Å². The lowest BCUT2D eigenvalue weighted by molar-refractivity contribution is -0.146. The number of allylic oxidation sites excluding steroid dienone is 2. The number of likely N-dealkylation sites (tertiary alicyclic amines) is 1. The van der Waals surface area contributed by atoms with Crippen LogP contribution in [0, 0.1) is 35.5 Å². The lowest BCUT2D eigenvalue weighted by Crippen LogP contribution is -2.46. The van der Waals surface area contributed by atoms with E-state index in [1.54, 1.807) is 6.92 Å². The maximum absolute atomic E-state index is 13.2. The number of imide groups is 1. The maximum Gasteiger partial charge on any atom is 0.247 e. The van der Waals surface area contributed by atoms with Gasteiger partial charge < -0.3 is 5.32 Å². The number of hydrogen-bond donors (Lipinski definition) is 1. The van der Waals surface area contributed by atoms with Gasteiger partial charge in [0.15, 0.2) is 0 Å². The number of nitrogens with zero attached hydrogens (tertiary/aromatic N) is 1. The monoisotopic (exact) mass is 392 g/mol. The molecular weight excluding hydrogens is 364 g/mol. The van der Waals surface area contributed by atoms with Crippen LogP contribution in [0.15, 0.2) is 30.4 Å². The highest BCUT2D eigenvalue weighted by molar-refractivity contribution is 6.10. The fraction of sp³-hybridized carbons (Fsp3) is 0.542. The molecule has 2 bridgehead atoms. The van der Waals surface area contributed by atoms with Crippen LogP contribution in [-0.2, 0) is 27.2 Å². The zero-order valence-electron chi connectivity index (χ0n) is 17.2. The van der Waals surface area contributed by atoms with Crippen LogP contribution in [0.25, 0.3) is 0 Å². The average Bonchev–Trinajstić information content (AvgIpc) is 3.51. The molecule has 7 atom stereocenters. The molecule has 1 N–H and O–H groups in total. The van der Waals surface area contributed by atoms with E-state index in [1.165, 1.54) is 4.90 Å². The summed E-state index contributed by atoms with van der Waals surface area (Å²) in [4.78, 5) is 40.9. The summed E-state index contributed by atoms with van der Waals surface area (Å²) in [7, 11) is 0. The van der Waals surface area contributed by atoms with E-state index in [0.29, 0.717) is 11.8 Å². The van der Waals surface area contributed by atoms with Crippen molar-refractivity contribution in [1.82, 2.24) is 4.90 Å². The fourth-order valence-corrected chi connectivity index (χ4v) is 6.11. The van der Waals surface area contributed by atoms with Gasteiger partial charge in [-0.2, -0.15) is 0 Å². The summed E-state index contributed by atoms with van der Waals surface area (Å²) < 4.78 is 0. The average molecular weight is 392 g/mol. The molecule has 3 amide bonds. The summed E-state index contributed by atoms with van der Waals surface area (Å²) in [6, 6.07) is 5.22. The molecule has 0 aromatic heterocycles. The number of aryl methyl sites for hydroxylation is 2. The van der Waals surface area contributed by atoms with Crippen molar-refractivity contribution >= 4 is 23.4 Å². The molecule has 0 spiro atoms. The second-order valence-corrected chi connectivity index (χ2v) is 9.02. The van der Waals surface area contributed by atoms with Gasteiger partial charge in [-0.25, -0.2) is 0 Å². The molecule has 29 heavy (non-hydrogen) atoms. The van der Waals surface area contributed by atoms with Gasteiger partial charge in [-0.3, -0.25) is 19.3 Å². The number of amides is 3. The maximum atomic E-state index is 13.2. The Kier molecular flexibility index (Phi) is 4.19. The van der Waals surface area contributed by atoms with E-state index < -0.39 is 6.04 Å². The SMILES string of the molecule is CCc1cccc(CC)c1NC(=O)[C@H](C)N1C(=O)[C@@H]2[C@H]3C=C[C@@H]([C@@H]4C[C@@H]34)[C@@H]2C1=O.